The fourth-order valence-electron chi connectivity index (χ4n) is 10.3. The van der Waals surface area contributed by atoms with Crippen LogP contribution in [-0.4, -0.2) is 110 Å². The minimum atomic E-state index is -2.39. The second-order valence-electron chi connectivity index (χ2n) is 17.5. The molecule has 4 aliphatic rings. The summed E-state index contributed by atoms with van der Waals surface area (Å²) in [6.07, 6.45) is -8.93. The molecule has 16 heteroatoms. The number of aliphatic hydroxyl groups excluding tert-OH is 2. The van der Waals surface area contributed by atoms with Crippen LogP contribution in [0.3, 0.4) is 0 Å². The van der Waals surface area contributed by atoms with Crippen LogP contribution < -0.4 is 5.32 Å². The molecule has 1 unspecified atom stereocenters. The number of ketones is 1. The Balaban J connectivity index is 1.39. The van der Waals surface area contributed by atoms with Gasteiger partial charge in [-0.15, -0.1) is 0 Å². The number of hydrogen-bond donors (Lipinski definition) is 4. The number of hydrogen-bond acceptors (Lipinski definition) is 14. The Labute approximate surface area is 358 Å². The highest BCUT2D eigenvalue weighted by atomic mass is 16.6. The third-order valence-electron chi connectivity index (χ3n) is 13.6. The molecular weight excluding hydrogens is 805 g/mol. The van der Waals surface area contributed by atoms with E-state index in [9.17, 15) is 39.3 Å². The van der Waals surface area contributed by atoms with Crippen molar-refractivity contribution in [2.24, 2.45) is 23.8 Å². The monoisotopic (exact) mass is 856 g/mol. The molecule has 0 radical (unpaired) electrons. The van der Waals surface area contributed by atoms with Crippen molar-refractivity contribution in [3.8, 4) is 0 Å². The van der Waals surface area contributed by atoms with E-state index < -0.39 is 113 Å². The molecule has 1 aromatic heterocycles. The van der Waals surface area contributed by atoms with E-state index in [0.717, 1.165) is 13.8 Å². The molecule has 1 amide bonds. The number of esters is 4. The third kappa shape index (κ3) is 7.12. The Bertz CT molecular complexity index is 2310. The number of ether oxygens (including phenoxy) is 5. The zero-order valence-electron chi connectivity index (χ0n) is 35.5. The van der Waals surface area contributed by atoms with Crippen LogP contribution >= 0.6 is 0 Å². The van der Waals surface area contributed by atoms with E-state index in [0.29, 0.717) is 5.56 Å². The van der Waals surface area contributed by atoms with Crippen molar-refractivity contribution in [3.63, 3.8) is 0 Å². The lowest BCUT2D eigenvalue weighted by Gasteiger charge is -2.67. The highest BCUT2D eigenvalue weighted by Gasteiger charge is 2.78. The molecule has 1 saturated heterocycles. The van der Waals surface area contributed by atoms with Gasteiger partial charge >= 0.3 is 23.9 Å². The van der Waals surface area contributed by atoms with Crippen LogP contribution in [0.5, 0.6) is 0 Å². The van der Waals surface area contributed by atoms with Crippen LogP contribution in [0.4, 0.5) is 0 Å². The van der Waals surface area contributed by atoms with E-state index in [1.165, 1.54) is 24.5 Å². The topological polar surface area (TPSA) is 226 Å². The lowest BCUT2D eigenvalue weighted by Crippen LogP contribution is -2.82. The maximum absolute atomic E-state index is 15.5. The maximum Gasteiger partial charge on any atom is 0.355 e. The quantitative estimate of drug-likeness (QED) is 0.131. The molecule has 1 aliphatic heterocycles. The van der Waals surface area contributed by atoms with Gasteiger partial charge < -0.3 is 48.9 Å². The number of fused-ring (bicyclic) bond motifs is 5. The number of amides is 1. The Morgan fingerprint density at radius 3 is 2.11 bits per heavy atom. The van der Waals surface area contributed by atoms with Crippen molar-refractivity contribution >= 4 is 35.6 Å². The van der Waals surface area contributed by atoms with Gasteiger partial charge in [0.15, 0.2) is 23.6 Å². The number of nitrogens with zero attached hydrogens (tertiary/aromatic N) is 1. The molecule has 16 nitrogen and oxygen atoms in total. The number of rotatable bonds is 10. The van der Waals surface area contributed by atoms with Crippen molar-refractivity contribution in [2.75, 3.05) is 6.61 Å². The van der Waals surface area contributed by atoms with Crippen molar-refractivity contribution in [3.05, 3.63) is 107 Å². The summed E-state index contributed by atoms with van der Waals surface area (Å²) in [6.45, 7) is 7.97. The maximum atomic E-state index is 15.5. The number of carbonyl (C=O) groups is 6. The van der Waals surface area contributed by atoms with E-state index in [2.05, 4.69) is 5.32 Å². The highest BCUT2D eigenvalue weighted by Crippen LogP contribution is 2.64. The molecule has 2 bridgehead atoms. The van der Waals surface area contributed by atoms with Crippen LogP contribution in [0.2, 0.25) is 0 Å². The minimum absolute atomic E-state index is 0.00367. The molecular formula is C46H52N2O14. The SMILES string of the molecule is CC(=O)O[C@H]1C(=O)[C@]2(C)[C@@H](O)CC3OC[C@@]3(OC(C)=O)[C@H]2[C@H](OC(=O)c2cccn2C)[C@]2(O)C[C@H](OC(=O)[C@H](O)[C@@H](NC(=O)c3ccccc3)c3ccccc3)C(C)=C1C2(C)C. The first kappa shape index (κ1) is 44.4. The number of carbonyl (C=O) groups excluding carboxylic acids is 6. The number of benzene rings is 2. The van der Waals surface area contributed by atoms with Crippen LogP contribution in [0, 0.1) is 16.7 Å². The summed E-state index contributed by atoms with van der Waals surface area (Å²) < 4.78 is 31.8. The van der Waals surface area contributed by atoms with E-state index >= 15 is 4.79 Å². The van der Waals surface area contributed by atoms with Crippen molar-refractivity contribution in [1.29, 1.82) is 0 Å². The van der Waals surface area contributed by atoms with Gasteiger partial charge in [0.25, 0.3) is 5.91 Å². The van der Waals surface area contributed by atoms with Crippen LogP contribution in [-0.2, 0) is 49.9 Å². The van der Waals surface area contributed by atoms with Crippen molar-refractivity contribution < 1.29 is 67.8 Å². The number of Topliss-reactive ketones (excluding diaryl/α,β-unsaturated/α-hetero) is 1. The Morgan fingerprint density at radius 2 is 1.55 bits per heavy atom. The van der Waals surface area contributed by atoms with Crippen LogP contribution in [0.25, 0.3) is 0 Å². The van der Waals surface area contributed by atoms with Crippen LogP contribution in [0.15, 0.2) is 90.1 Å². The molecule has 62 heavy (non-hydrogen) atoms. The Hall–Kier alpha value is -5.68. The lowest BCUT2D eigenvalue weighted by molar-refractivity contribution is -0.346. The minimum Gasteiger partial charge on any atom is -0.456 e. The first-order chi connectivity index (χ1) is 29.2. The van der Waals surface area contributed by atoms with Gasteiger partial charge in [0.2, 0.25) is 0 Å². The lowest BCUT2D eigenvalue weighted by atomic mass is 9.44. The van der Waals surface area contributed by atoms with Gasteiger partial charge in [-0.25, -0.2) is 9.59 Å². The summed E-state index contributed by atoms with van der Waals surface area (Å²) in [5, 5.41) is 40.3. The largest absolute Gasteiger partial charge is 0.456 e. The predicted octanol–water partition coefficient (Wildman–Crippen LogP) is 3.07. The molecule has 3 aromatic rings. The van der Waals surface area contributed by atoms with Crippen molar-refractivity contribution in [1.82, 2.24) is 9.88 Å². The van der Waals surface area contributed by atoms with E-state index in [1.807, 2.05) is 0 Å². The highest BCUT2D eigenvalue weighted by molar-refractivity contribution is 5.96. The number of nitrogens with one attached hydrogen (secondary N) is 1. The van der Waals surface area contributed by atoms with E-state index in [4.69, 9.17) is 23.7 Å². The molecule has 0 spiro atoms. The van der Waals surface area contributed by atoms with E-state index in [-0.39, 0.29) is 35.4 Å². The third-order valence-corrected chi connectivity index (χ3v) is 13.6. The summed E-state index contributed by atoms with van der Waals surface area (Å²) in [6, 6.07) is 18.2. The molecule has 2 aromatic carbocycles. The number of aryl methyl sites for hydroxylation is 1. The van der Waals surface area contributed by atoms with Gasteiger partial charge in [-0.05, 0) is 54.8 Å². The Kier molecular flexibility index (Phi) is 11.6. The van der Waals surface area contributed by atoms with Gasteiger partial charge in [-0.2, -0.15) is 0 Å². The van der Waals surface area contributed by atoms with Gasteiger partial charge in [0.1, 0.15) is 29.6 Å². The summed E-state index contributed by atoms with van der Waals surface area (Å²) >= 11 is 0. The first-order valence-corrected chi connectivity index (χ1v) is 20.4. The first-order valence-electron chi connectivity index (χ1n) is 20.4. The fourth-order valence-corrected chi connectivity index (χ4v) is 10.3. The molecule has 4 N–H and O–H groups in total. The second kappa shape index (κ2) is 16.2. The number of aromatic nitrogens is 1. The van der Waals surface area contributed by atoms with Crippen molar-refractivity contribution in [2.45, 2.75) is 108 Å². The molecule has 2 heterocycles. The standard InChI is InChI=1S/C46H52N2O14/c1-24-30(60-42(56)35(52)34(27-15-10-8-11-16-27)47-40(54)28-17-12-9-13-18-28)22-46(57)39(61-41(55)29-19-14-20-48(29)7)37-44(6,31(51)21-32-45(37,23-58-32)62-26(3)50)38(53)36(59-25(2)49)33(24)43(46,4)5/h8-20,30-32,34-37,39,51-52,57H,21-23H2,1-7H3,(H,47,54)/t30-,31-,32?,34-,35+,36+,37-,39-,44+,45-,46+/m0/s1. The molecule has 11 atom stereocenters. The normalized spacial score (nSPS) is 31.9. The zero-order chi connectivity index (χ0) is 45.1. The van der Waals surface area contributed by atoms with E-state index in [1.54, 1.807) is 93.8 Å². The smallest absolute Gasteiger partial charge is 0.355 e. The summed E-state index contributed by atoms with van der Waals surface area (Å²) in [7, 11) is 1.60. The Morgan fingerprint density at radius 1 is 0.903 bits per heavy atom. The fraction of sp³-hybridized carbons (Fsp3) is 0.478. The molecule has 7 rings (SSSR count). The molecule has 3 fully saturated rings. The predicted molar refractivity (Wildman–Crippen MR) is 217 cm³/mol. The summed E-state index contributed by atoms with van der Waals surface area (Å²) in [5.74, 6) is -6.85. The van der Waals surface area contributed by atoms with Gasteiger partial charge in [-0.1, -0.05) is 62.4 Å². The average molecular weight is 857 g/mol. The molecule has 330 valence electrons. The zero-order valence-corrected chi connectivity index (χ0v) is 35.5. The molecule has 2 saturated carbocycles. The number of aliphatic hydroxyl groups is 3. The average Bonchev–Trinajstić information content (AvgIpc) is 3.66. The van der Waals surface area contributed by atoms with Gasteiger partial charge in [0, 0.05) is 50.9 Å². The van der Waals surface area contributed by atoms with Crippen LogP contribution in [0.1, 0.15) is 86.8 Å². The molecule has 3 aliphatic carbocycles. The van der Waals surface area contributed by atoms with Gasteiger partial charge in [-0.3, -0.25) is 19.2 Å². The summed E-state index contributed by atoms with van der Waals surface area (Å²) in [5.41, 5.74) is -7.05. The van der Waals surface area contributed by atoms with Gasteiger partial charge in [0.05, 0.1) is 30.1 Å². The second-order valence-corrected chi connectivity index (χ2v) is 17.5. The summed E-state index contributed by atoms with van der Waals surface area (Å²) in [4.78, 5) is 83.5.